The summed E-state index contributed by atoms with van der Waals surface area (Å²) < 4.78 is 0. The fourth-order valence-corrected chi connectivity index (χ4v) is 2.47. The molecule has 1 aromatic heterocycles. The van der Waals surface area contributed by atoms with Gasteiger partial charge in [0.15, 0.2) is 0 Å². The van der Waals surface area contributed by atoms with Gasteiger partial charge < -0.3 is 10.4 Å². The zero-order valence-corrected chi connectivity index (χ0v) is 14.1. The summed E-state index contributed by atoms with van der Waals surface area (Å²) in [6, 6.07) is 18.5. The van der Waals surface area contributed by atoms with Crippen molar-refractivity contribution in [2.45, 2.75) is 19.4 Å². The normalized spacial score (nSPS) is 12.9. The lowest BCUT2D eigenvalue weighted by Gasteiger charge is -2.23. The second-order valence-electron chi connectivity index (χ2n) is 6.02. The zero-order chi connectivity index (χ0) is 17.9. The van der Waals surface area contributed by atoms with Crippen molar-refractivity contribution in [2.75, 3.05) is 5.32 Å². The first kappa shape index (κ1) is 16.6. The summed E-state index contributed by atoms with van der Waals surface area (Å²) in [6.45, 7) is 3.72. The van der Waals surface area contributed by atoms with Crippen LogP contribution in [0, 0.1) is 18.3 Å². The van der Waals surface area contributed by atoms with E-state index in [1.54, 1.807) is 43.5 Å². The molecule has 3 aromatic rings. The fraction of sp³-hybridized carbons (Fsp3) is 0.150. The van der Waals surface area contributed by atoms with Crippen LogP contribution in [0.3, 0.4) is 0 Å². The fourth-order valence-electron chi connectivity index (χ4n) is 2.47. The third-order valence-electron chi connectivity index (χ3n) is 4.04. The van der Waals surface area contributed by atoms with E-state index in [1.807, 2.05) is 31.2 Å². The standard InChI is InChI=1S/C20H18N4O/c1-14-3-7-16(8-4-14)20(2,25)18-11-12-22-19(24-18)23-17-9-5-15(13-21)6-10-17/h3-12,25H,1-2H3,(H,22,23,24). The number of benzene rings is 2. The number of rotatable bonds is 4. The van der Waals surface area contributed by atoms with Crippen LogP contribution in [0.15, 0.2) is 60.8 Å². The summed E-state index contributed by atoms with van der Waals surface area (Å²) in [4.78, 5) is 8.64. The molecule has 25 heavy (non-hydrogen) atoms. The molecule has 0 saturated heterocycles. The van der Waals surface area contributed by atoms with Crippen molar-refractivity contribution < 1.29 is 5.11 Å². The predicted molar refractivity (Wildman–Crippen MR) is 96.3 cm³/mol. The number of aliphatic hydroxyl groups is 1. The maximum atomic E-state index is 11.0. The number of aryl methyl sites for hydroxylation is 1. The van der Waals surface area contributed by atoms with E-state index < -0.39 is 5.60 Å². The highest BCUT2D eigenvalue weighted by molar-refractivity contribution is 5.55. The molecular weight excluding hydrogens is 312 g/mol. The number of hydrogen-bond donors (Lipinski definition) is 2. The van der Waals surface area contributed by atoms with Crippen molar-refractivity contribution in [1.82, 2.24) is 9.97 Å². The Bertz CT molecular complexity index is 910. The highest BCUT2D eigenvalue weighted by atomic mass is 16.3. The van der Waals surface area contributed by atoms with E-state index in [0.717, 1.165) is 16.8 Å². The number of nitrogens with zero attached hydrogens (tertiary/aromatic N) is 3. The van der Waals surface area contributed by atoms with Gasteiger partial charge in [-0.3, -0.25) is 0 Å². The van der Waals surface area contributed by atoms with Crippen molar-refractivity contribution in [3.8, 4) is 6.07 Å². The smallest absolute Gasteiger partial charge is 0.227 e. The van der Waals surface area contributed by atoms with Crippen LogP contribution in [0.25, 0.3) is 0 Å². The number of hydrogen-bond acceptors (Lipinski definition) is 5. The maximum absolute atomic E-state index is 11.0. The molecule has 0 aliphatic rings. The van der Waals surface area contributed by atoms with Gasteiger partial charge in [0.05, 0.1) is 17.3 Å². The molecule has 5 heteroatoms. The van der Waals surface area contributed by atoms with E-state index in [1.165, 1.54) is 0 Å². The molecule has 124 valence electrons. The van der Waals surface area contributed by atoms with Crippen LogP contribution in [-0.2, 0) is 5.60 Å². The van der Waals surface area contributed by atoms with Crippen LogP contribution >= 0.6 is 0 Å². The Labute approximate surface area is 146 Å². The van der Waals surface area contributed by atoms with Gasteiger partial charge in [-0.2, -0.15) is 5.26 Å². The molecule has 3 rings (SSSR count). The Balaban J connectivity index is 1.87. The summed E-state index contributed by atoms with van der Waals surface area (Å²) in [6.07, 6.45) is 1.61. The average molecular weight is 330 g/mol. The highest BCUT2D eigenvalue weighted by Crippen LogP contribution is 2.28. The first-order valence-corrected chi connectivity index (χ1v) is 7.89. The predicted octanol–water partition coefficient (Wildman–Crippen LogP) is 3.66. The molecular formula is C20H18N4O. The molecule has 5 nitrogen and oxygen atoms in total. The Hall–Kier alpha value is -3.23. The van der Waals surface area contributed by atoms with E-state index in [2.05, 4.69) is 21.4 Å². The van der Waals surface area contributed by atoms with Crippen molar-refractivity contribution in [1.29, 1.82) is 5.26 Å². The third-order valence-corrected chi connectivity index (χ3v) is 4.04. The van der Waals surface area contributed by atoms with Crippen LogP contribution in [0.2, 0.25) is 0 Å². The molecule has 2 N–H and O–H groups in total. The summed E-state index contributed by atoms with van der Waals surface area (Å²) in [5, 5.41) is 22.9. The van der Waals surface area contributed by atoms with Crippen LogP contribution in [0.5, 0.6) is 0 Å². The van der Waals surface area contributed by atoms with Gasteiger partial charge >= 0.3 is 0 Å². The highest BCUT2D eigenvalue weighted by Gasteiger charge is 2.27. The second-order valence-corrected chi connectivity index (χ2v) is 6.02. The third kappa shape index (κ3) is 3.65. The quantitative estimate of drug-likeness (QED) is 0.763. The van der Waals surface area contributed by atoms with E-state index in [0.29, 0.717) is 17.2 Å². The summed E-state index contributed by atoms with van der Waals surface area (Å²) >= 11 is 0. The lowest BCUT2D eigenvalue weighted by atomic mass is 9.92. The first-order valence-electron chi connectivity index (χ1n) is 7.89. The Morgan fingerprint density at radius 3 is 2.36 bits per heavy atom. The molecule has 1 atom stereocenters. The van der Waals surface area contributed by atoms with Crippen molar-refractivity contribution >= 4 is 11.6 Å². The van der Waals surface area contributed by atoms with E-state index in [-0.39, 0.29) is 0 Å². The number of nitrogens with one attached hydrogen (secondary N) is 1. The van der Waals surface area contributed by atoms with Crippen LogP contribution < -0.4 is 5.32 Å². The van der Waals surface area contributed by atoms with Crippen molar-refractivity contribution in [2.24, 2.45) is 0 Å². The van der Waals surface area contributed by atoms with Gasteiger partial charge in [-0.15, -0.1) is 0 Å². The van der Waals surface area contributed by atoms with Crippen molar-refractivity contribution in [3.63, 3.8) is 0 Å². The summed E-state index contributed by atoms with van der Waals surface area (Å²) in [5.41, 5.74) is 2.53. The minimum atomic E-state index is -1.22. The maximum Gasteiger partial charge on any atom is 0.227 e. The van der Waals surface area contributed by atoms with Crippen molar-refractivity contribution in [3.05, 3.63) is 83.2 Å². The number of nitriles is 1. The van der Waals surface area contributed by atoms with Gasteiger partial charge in [0.2, 0.25) is 5.95 Å². The molecule has 0 bridgehead atoms. The molecule has 0 saturated carbocycles. The lowest BCUT2D eigenvalue weighted by Crippen LogP contribution is -2.24. The molecule has 2 aromatic carbocycles. The molecule has 0 aliphatic carbocycles. The van der Waals surface area contributed by atoms with Gasteiger partial charge in [-0.05, 0) is 49.7 Å². The Morgan fingerprint density at radius 1 is 1.04 bits per heavy atom. The largest absolute Gasteiger partial charge is 0.379 e. The first-order chi connectivity index (χ1) is 12.0. The number of aromatic nitrogens is 2. The Morgan fingerprint density at radius 2 is 1.72 bits per heavy atom. The van der Waals surface area contributed by atoms with Gasteiger partial charge in [-0.1, -0.05) is 29.8 Å². The minimum absolute atomic E-state index is 0.384. The van der Waals surface area contributed by atoms with Gasteiger partial charge in [0, 0.05) is 11.9 Å². The van der Waals surface area contributed by atoms with Gasteiger partial charge in [0.1, 0.15) is 5.60 Å². The molecule has 0 amide bonds. The molecule has 0 aliphatic heterocycles. The van der Waals surface area contributed by atoms with E-state index >= 15 is 0 Å². The Kier molecular flexibility index (Phi) is 4.46. The molecule has 0 radical (unpaired) electrons. The summed E-state index contributed by atoms with van der Waals surface area (Å²) in [7, 11) is 0. The molecule has 1 heterocycles. The monoisotopic (exact) mass is 330 g/mol. The minimum Gasteiger partial charge on any atom is -0.379 e. The second kappa shape index (κ2) is 6.71. The van der Waals surface area contributed by atoms with Crippen LogP contribution in [0.1, 0.15) is 29.3 Å². The van der Waals surface area contributed by atoms with Crippen LogP contribution in [0.4, 0.5) is 11.6 Å². The lowest BCUT2D eigenvalue weighted by molar-refractivity contribution is 0.0974. The molecule has 1 unspecified atom stereocenters. The van der Waals surface area contributed by atoms with Gasteiger partial charge in [0.25, 0.3) is 0 Å². The average Bonchev–Trinajstić information content (AvgIpc) is 2.63. The zero-order valence-electron chi connectivity index (χ0n) is 14.1. The van der Waals surface area contributed by atoms with Gasteiger partial charge in [-0.25, -0.2) is 9.97 Å². The SMILES string of the molecule is Cc1ccc(C(C)(O)c2ccnc(Nc3ccc(C#N)cc3)n2)cc1. The number of anilines is 2. The van der Waals surface area contributed by atoms with E-state index in [9.17, 15) is 5.11 Å². The molecule has 0 fully saturated rings. The topological polar surface area (TPSA) is 81.8 Å². The molecule has 0 spiro atoms. The van der Waals surface area contributed by atoms with Crippen LogP contribution in [-0.4, -0.2) is 15.1 Å². The van der Waals surface area contributed by atoms with E-state index in [4.69, 9.17) is 5.26 Å². The summed E-state index contributed by atoms with van der Waals surface area (Å²) in [5.74, 6) is 0.384.